The van der Waals surface area contributed by atoms with Crippen LogP contribution in [-0.2, 0) is 0 Å². The lowest BCUT2D eigenvalue weighted by Gasteiger charge is -2.21. The van der Waals surface area contributed by atoms with Crippen molar-refractivity contribution in [2.75, 3.05) is 6.54 Å². The van der Waals surface area contributed by atoms with Gasteiger partial charge in [-0.3, -0.25) is 4.79 Å². The van der Waals surface area contributed by atoms with Crippen LogP contribution in [0.4, 0.5) is 0 Å². The molecule has 0 unspecified atom stereocenters. The molecule has 0 aliphatic rings. The van der Waals surface area contributed by atoms with E-state index in [2.05, 4.69) is 25.0 Å². The SMILES string of the molecule is CCNC(=O)c1c([Si](C)(C)C)ccc(Cl)c1Cl. The van der Waals surface area contributed by atoms with Gasteiger partial charge in [-0.1, -0.05) is 48.9 Å². The summed E-state index contributed by atoms with van der Waals surface area (Å²) >= 11 is 12.1. The van der Waals surface area contributed by atoms with Gasteiger partial charge in [0.2, 0.25) is 0 Å². The summed E-state index contributed by atoms with van der Waals surface area (Å²) in [6, 6.07) is 3.69. The Morgan fingerprint density at radius 3 is 2.35 bits per heavy atom. The molecule has 0 bridgehead atoms. The van der Waals surface area contributed by atoms with E-state index in [4.69, 9.17) is 23.2 Å². The molecule has 1 rings (SSSR count). The first-order chi connectivity index (χ1) is 7.79. The van der Waals surface area contributed by atoms with E-state index in [-0.39, 0.29) is 5.91 Å². The molecule has 0 spiro atoms. The van der Waals surface area contributed by atoms with Crippen molar-refractivity contribution in [1.82, 2.24) is 5.32 Å². The smallest absolute Gasteiger partial charge is 0.252 e. The van der Waals surface area contributed by atoms with Crippen LogP contribution >= 0.6 is 23.2 Å². The Morgan fingerprint density at radius 1 is 1.29 bits per heavy atom. The summed E-state index contributed by atoms with van der Waals surface area (Å²) in [5.41, 5.74) is 0.542. The molecule has 0 fully saturated rings. The zero-order valence-corrected chi connectivity index (χ0v) is 13.0. The molecule has 1 aromatic carbocycles. The van der Waals surface area contributed by atoms with E-state index < -0.39 is 8.07 Å². The van der Waals surface area contributed by atoms with Gasteiger partial charge in [-0.2, -0.15) is 0 Å². The van der Waals surface area contributed by atoms with E-state index in [1.54, 1.807) is 6.07 Å². The van der Waals surface area contributed by atoms with Crippen molar-refractivity contribution in [2.24, 2.45) is 0 Å². The molecule has 0 saturated heterocycles. The summed E-state index contributed by atoms with van der Waals surface area (Å²) in [4.78, 5) is 12.1. The van der Waals surface area contributed by atoms with E-state index in [1.165, 1.54) is 0 Å². The van der Waals surface area contributed by atoms with Gasteiger partial charge >= 0.3 is 0 Å². The maximum Gasteiger partial charge on any atom is 0.252 e. The zero-order valence-electron chi connectivity index (χ0n) is 10.5. The first-order valence-corrected chi connectivity index (χ1v) is 9.81. The van der Waals surface area contributed by atoms with Gasteiger partial charge in [-0.25, -0.2) is 0 Å². The average Bonchev–Trinajstić information content (AvgIpc) is 2.20. The fourth-order valence-corrected chi connectivity index (χ4v) is 3.71. The highest BCUT2D eigenvalue weighted by Gasteiger charge is 2.26. The number of carbonyl (C=O) groups is 1. The predicted octanol–water partition coefficient (Wildman–Crippen LogP) is 3.29. The predicted molar refractivity (Wildman–Crippen MR) is 77.4 cm³/mol. The second-order valence-electron chi connectivity index (χ2n) is 4.89. The van der Waals surface area contributed by atoms with Crippen molar-refractivity contribution in [1.29, 1.82) is 0 Å². The molecule has 0 atom stereocenters. The van der Waals surface area contributed by atoms with Crippen LogP contribution < -0.4 is 10.5 Å². The van der Waals surface area contributed by atoms with Gasteiger partial charge < -0.3 is 5.32 Å². The molecule has 94 valence electrons. The summed E-state index contributed by atoms with van der Waals surface area (Å²) < 4.78 is 0. The van der Waals surface area contributed by atoms with Crippen LogP contribution in [0.15, 0.2) is 12.1 Å². The molecular weight excluding hydrogens is 273 g/mol. The largest absolute Gasteiger partial charge is 0.352 e. The van der Waals surface area contributed by atoms with Crippen molar-refractivity contribution in [2.45, 2.75) is 26.6 Å². The normalized spacial score (nSPS) is 11.4. The van der Waals surface area contributed by atoms with Crippen LogP contribution in [0.2, 0.25) is 29.7 Å². The number of benzene rings is 1. The van der Waals surface area contributed by atoms with E-state index in [9.17, 15) is 4.79 Å². The second kappa shape index (κ2) is 5.42. The molecule has 1 N–H and O–H groups in total. The first kappa shape index (κ1) is 14.5. The molecule has 5 heteroatoms. The van der Waals surface area contributed by atoms with E-state index >= 15 is 0 Å². The molecule has 0 aliphatic carbocycles. The molecule has 0 aliphatic heterocycles. The lowest BCUT2D eigenvalue weighted by atomic mass is 10.2. The highest BCUT2D eigenvalue weighted by Crippen LogP contribution is 2.26. The van der Waals surface area contributed by atoms with Crippen LogP contribution in [0.3, 0.4) is 0 Å². The summed E-state index contributed by atoms with van der Waals surface area (Å²) in [5, 5.41) is 4.61. The minimum absolute atomic E-state index is 0.141. The minimum atomic E-state index is -1.63. The second-order valence-corrected chi connectivity index (χ2v) is 10.7. The molecule has 1 amide bonds. The van der Waals surface area contributed by atoms with Crippen molar-refractivity contribution >= 4 is 42.4 Å². The Kier molecular flexibility index (Phi) is 4.64. The quantitative estimate of drug-likeness (QED) is 0.850. The van der Waals surface area contributed by atoms with Crippen molar-refractivity contribution in [3.63, 3.8) is 0 Å². The Morgan fingerprint density at radius 2 is 1.88 bits per heavy atom. The molecule has 0 heterocycles. The third kappa shape index (κ3) is 3.24. The van der Waals surface area contributed by atoms with Crippen molar-refractivity contribution < 1.29 is 4.79 Å². The minimum Gasteiger partial charge on any atom is -0.352 e. The topological polar surface area (TPSA) is 29.1 Å². The molecule has 17 heavy (non-hydrogen) atoms. The van der Waals surface area contributed by atoms with Crippen molar-refractivity contribution in [3.05, 3.63) is 27.7 Å². The number of rotatable bonds is 3. The van der Waals surface area contributed by atoms with E-state index in [0.717, 1.165) is 5.19 Å². The van der Waals surface area contributed by atoms with E-state index in [1.807, 2.05) is 13.0 Å². The number of halogens is 2. The number of hydrogen-bond donors (Lipinski definition) is 1. The third-order valence-electron chi connectivity index (χ3n) is 2.47. The van der Waals surface area contributed by atoms with Crippen LogP contribution in [0.25, 0.3) is 0 Å². The molecule has 2 nitrogen and oxygen atoms in total. The van der Waals surface area contributed by atoms with Crippen LogP contribution in [-0.4, -0.2) is 20.5 Å². The standard InChI is InChI=1S/C12H17Cl2NOSi/c1-5-15-12(16)10-9(17(2,3)4)7-6-8(13)11(10)14/h6-7H,5H2,1-4H3,(H,15,16). The number of hydrogen-bond acceptors (Lipinski definition) is 1. The number of carbonyl (C=O) groups excluding carboxylic acids is 1. The highest BCUT2D eigenvalue weighted by atomic mass is 35.5. The lowest BCUT2D eigenvalue weighted by molar-refractivity contribution is 0.0957. The summed E-state index contributed by atoms with van der Waals surface area (Å²) in [6.45, 7) is 8.98. The van der Waals surface area contributed by atoms with Crippen molar-refractivity contribution in [3.8, 4) is 0 Å². The Labute approximate surface area is 113 Å². The number of amides is 1. The Bertz CT molecular complexity index is 441. The molecule has 0 saturated carbocycles. The maximum absolute atomic E-state index is 12.1. The van der Waals surface area contributed by atoms with Gasteiger partial charge in [0.1, 0.15) is 0 Å². The molecule has 0 aromatic heterocycles. The maximum atomic E-state index is 12.1. The average molecular weight is 290 g/mol. The van der Waals surface area contributed by atoms with Crippen LogP contribution in [0.5, 0.6) is 0 Å². The molecular formula is C12H17Cl2NOSi. The van der Waals surface area contributed by atoms with Gasteiger partial charge in [-0.05, 0) is 18.2 Å². The Hall–Kier alpha value is -0.513. The Balaban J connectivity index is 3.42. The highest BCUT2D eigenvalue weighted by molar-refractivity contribution is 6.89. The first-order valence-electron chi connectivity index (χ1n) is 5.55. The monoisotopic (exact) mass is 289 g/mol. The summed E-state index contributed by atoms with van der Waals surface area (Å²) in [5.74, 6) is -0.141. The zero-order chi connectivity index (χ0) is 13.2. The van der Waals surface area contributed by atoms with Gasteiger partial charge in [0.05, 0.1) is 23.7 Å². The summed E-state index contributed by atoms with van der Waals surface area (Å²) in [7, 11) is -1.63. The van der Waals surface area contributed by atoms with Gasteiger partial charge in [0.15, 0.2) is 0 Å². The lowest BCUT2D eigenvalue weighted by Crippen LogP contribution is -2.43. The van der Waals surface area contributed by atoms with Crippen LogP contribution in [0, 0.1) is 0 Å². The van der Waals surface area contributed by atoms with Crippen LogP contribution in [0.1, 0.15) is 17.3 Å². The van der Waals surface area contributed by atoms with Gasteiger partial charge in [0, 0.05) is 6.54 Å². The fourth-order valence-electron chi connectivity index (χ4n) is 1.65. The summed E-state index contributed by atoms with van der Waals surface area (Å²) in [6.07, 6.45) is 0. The van der Waals surface area contributed by atoms with Gasteiger partial charge in [-0.15, -0.1) is 0 Å². The third-order valence-corrected chi connectivity index (χ3v) is 5.30. The van der Waals surface area contributed by atoms with E-state index in [0.29, 0.717) is 22.2 Å². The number of nitrogens with one attached hydrogen (secondary N) is 1. The molecule has 0 radical (unpaired) electrons. The fraction of sp³-hybridized carbons (Fsp3) is 0.417. The molecule has 1 aromatic rings. The van der Waals surface area contributed by atoms with Gasteiger partial charge in [0.25, 0.3) is 5.91 Å².